The third-order valence-electron chi connectivity index (χ3n) is 2.09. The number of carbonyl (C=O) groups excluding carboxylic acids is 1. The number of allylic oxidation sites excluding steroid dienone is 2. The molecule has 0 aromatic heterocycles. The first-order chi connectivity index (χ1) is 6.06. The van der Waals surface area contributed by atoms with Crippen molar-refractivity contribution >= 4 is 5.97 Å². The molecule has 2 nitrogen and oxygen atoms in total. The Balaban J connectivity index is 0.000000252. The number of carbonyl (C=O) groups is 1. The zero-order valence-electron chi connectivity index (χ0n) is 9.09. The van der Waals surface area contributed by atoms with E-state index in [0.717, 1.165) is 5.92 Å². The summed E-state index contributed by atoms with van der Waals surface area (Å²) in [5, 5.41) is 0. The van der Waals surface area contributed by atoms with Gasteiger partial charge in [-0.15, -0.1) is 0 Å². The number of hydrogen-bond acceptors (Lipinski definition) is 2. The van der Waals surface area contributed by atoms with E-state index in [2.05, 4.69) is 24.7 Å². The van der Waals surface area contributed by atoms with Crippen molar-refractivity contribution in [3.63, 3.8) is 0 Å². The van der Waals surface area contributed by atoms with Crippen molar-refractivity contribution in [1.82, 2.24) is 0 Å². The largest absolute Gasteiger partial charge is 0.469 e. The molecule has 1 aliphatic rings. The molecular weight excluding hydrogens is 164 g/mol. The normalized spacial score (nSPS) is 20.9. The van der Waals surface area contributed by atoms with Gasteiger partial charge in [-0.25, -0.2) is 0 Å². The summed E-state index contributed by atoms with van der Waals surface area (Å²) in [6, 6.07) is 0. The molecular formula is C11H20O2. The first-order valence-electron chi connectivity index (χ1n) is 4.78. The summed E-state index contributed by atoms with van der Waals surface area (Å²) in [6.07, 6.45) is 6.54. The van der Waals surface area contributed by atoms with Gasteiger partial charge in [0.2, 0.25) is 0 Å². The van der Waals surface area contributed by atoms with E-state index in [-0.39, 0.29) is 5.97 Å². The van der Waals surface area contributed by atoms with Crippen LogP contribution in [0.5, 0.6) is 0 Å². The summed E-state index contributed by atoms with van der Waals surface area (Å²) in [7, 11) is 1.35. The second-order valence-electron chi connectivity index (χ2n) is 3.58. The zero-order chi connectivity index (χ0) is 10.3. The average molecular weight is 184 g/mol. The van der Waals surface area contributed by atoms with Crippen LogP contribution in [0, 0.1) is 5.92 Å². The second kappa shape index (κ2) is 6.70. The molecule has 1 rings (SSSR count). The van der Waals surface area contributed by atoms with Gasteiger partial charge in [0, 0.05) is 6.92 Å². The molecule has 2 heteroatoms. The lowest BCUT2D eigenvalue weighted by Gasteiger charge is -2.13. The molecule has 0 aromatic rings. The number of rotatable bonds is 0. The first kappa shape index (κ1) is 12.2. The number of esters is 1. The van der Waals surface area contributed by atoms with Crippen LogP contribution in [0.1, 0.15) is 40.0 Å². The topological polar surface area (TPSA) is 26.3 Å². The SMILES string of the molecule is CC1=CC(C)CCC1.COC(C)=O. The van der Waals surface area contributed by atoms with Crippen molar-refractivity contribution in [3.8, 4) is 0 Å². The molecule has 0 spiro atoms. The lowest BCUT2D eigenvalue weighted by Crippen LogP contribution is -1.97. The molecule has 0 saturated carbocycles. The van der Waals surface area contributed by atoms with Crippen molar-refractivity contribution < 1.29 is 9.53 Å². The molecule has 0 fully saturated rings. The molecule has 0 aliphatic heterocycles. The maximum atomic E-state index is 9.59. The summed E-state index contributed by atoms with van der Waals surface area (Å²) in [5.74, 6) is 0.605. The standard InChI is InChI=1S/C8H14.C3H6O2/c1-7-4-3-5-8(2)6-7;1-3(4)5-2/h6-7H,3-5H2,1-2H3;1-2H3. The third kappa shape index (κ3) is 7.57. The maximum Gasteiger partial charge on any atom is 0.302 e. The van der Waals surface area contributed by atoms with Crippen LogP contribution in [0.15, 0.2) is 11.6 Å². The van der Waals surface area contributed by atoms with Gasteiger partial charge in [0.1, 0.15) is 0 Å². The predicted molar refractivity (Wildman–Crippen MR) is 54.5 cm³/mol. The smallest absolute Gasteiger partial charge is 0.302 e. The van der Waals surface area contributed by atoms with Crippen molar-refractivity contribution in [3.05, 3.63) is 11.6 Å². The van der Waals surface area contributed by atoms with Gasteiger partial charge in [-0.2, -0.15) is 0 Å². The number of methoxy groups -OCH3 is 1. The molecule has 13 heavy (non-hydrogen) atoms. The number of hydrogen-bond donors (Lipinski definition) is 0. The quantitative estimate of drug-likeness (QED) is 0.427. The van der Waals surface area contributed by atoms with E-state index in [4.69, 9.17) is 0 Å². The van der Waals surface area contributed by atoms with E-state index < -0.39 is 0 Å². The summed E-state index contributed by atoms with van der Waals surface area (Å²) >= 11 is 0. The van der Waals surface area contributed by atoms with Crippen LogP contribution in [0.3, 0.4) is 0 Å². The Bertz CT molecular complexity index is 183. The highest BCUT2D eigenvalue weighted by atomic mass is 16.5. The van der Waals surface area contributed by atoms with Crippen LogP contribution >= 0.6 is 0 Å². The van der Waals surface area contributed by atoms with E-state index in [1.807, 2.05) is 0 Å². The Labute approximate surface area is 81.0 Å². The van der Waals surface area contributed by atoms with E-state index >= 15 is 0 Å². The van der Waals surface area contributed by atoms with Crippen LogP contribution in [-0.2, 0) is 9.53 Å². The molecule has 0 heterocycles. The minimum absolute atomic E-state index is 0.245. The summed E-state index contributed by atoms with van der Waals surface area (Å²) in [6.45, 7) is 5.89. The van der Waals surface area contributed by atoms with Gasteiger partial charge < -0.3 is 4.74 Å². The van der Waals surface area contributed by atoms with Crippen molar-refractivity contribution in [2.45, 2.75) is 40.0 Å². The van der Waals surface area contributed by atoms with Gasteiger partial charge in [0.15, 0.2) is 0 Å². The second-order valence-corrected chi connectivity index (χ2v) is 3.58. The lowest BCUT2D eigenvalue weighted by molar-refractivity contribution is -0.137. The summed E-state index contributed by atoms with van der Waals surface area (Å²) < 4.78 is 4.11. The Morgan fingerprint density at radius 3 is 2.38 bits per heavy atom. The van der Waals surface area contributed by atoms with Crippen molar-refractivity contribution in [2.24, 2.45) is 5.92 Å². The van der Waals surface area contributed by atoms with Crippen molar-refractivity contribution in [1.29, 1.82) is 0 Å². The summed E-state index contributed by atoms with van der Waals surface area (Å²) in [5.41, 5.74) is 1.59. The van der Waals surface area contributed by atoms with Gasteiger partial charge in [0.05, 0.1) is 7.11 Å². The van der Waals surface area contributed by atoms with E-state index in [9.17, 15) is 4.79 Å². The fourth-order valence-corrected chi connectivity index (χ4v) is 1.36. The zero-order valence-corrected chi connectivity index (χ0v) is 9.09. The number of ether oxygens (including phenoxy) is 1. The third-order valence-corrected chi connectivity index (χ3v) is 2.09. The minimum atomic E-state index is -0.245. The van der Waals surface area contributed by atoms with Crippen LogP contribution in [0.4, 0.5) is 0 Å². The van der Waals surface area contributed by atoms with E-state index in [1.165, 1.54) is 33.3 Å². The molecule has 76 valence electrons. The molecule has 0 amide bonds. The highest BCUT2D eigenvalue weighted by Gasteiger charge is 2.04. The molecule has 1 atom stereocenters. The van der Waals surface area contributed by atoms with Gasteiger partial charge in [-0.3, -0.25) is 4.79 Å². The van der Waals surface area contributed by atoms with Crippen LogP contribution < -0.4 is 0 Å². The van der Waals surface area contributed by atoms with Gasteiger partial charge >= 0.3 is 5.97 Å². The Hall–Kier alpha value is -0.790. The average Bonchev–Trinajstić information content (AvgIpc) is 2.05. The minimum Gasteiger partial charge on any atom is -0.469 e. The van der Waals surface area contributed by atoms with Crippen LogP contribution in [0.25, 0.3) is 0 Å². The molecule has 0 bridgehead atoms. The van der Waals surface area contributed by atoms with Gasteiger partial charge in [0.25, 0.3) is 0 Å². The monoisotopic (exact) mass is 184 g/mol. The van der Waals surface area contributed by atoms with Gasteiger partial charge in [-0.05, 0) is 32.1 Å². The van der Waals surface area contributed by atoms with Crippen molar-refractivity contribution in [2.75, 3.05) is 7.11 Å². The fraction of sp³-hybridized carbons (Fsp3) is 0.727. The van der Waals surface area contributed by atoms with E-state index in [1.54, 1.807) is 5.57 Å². The molecule has 0 radical (unpaired) electrons. The highest BCUT2D eigenvalue weighted by Crippen LogP contribution is 2.20. The maximum absolute atomic E-state index is 9.59. The highest BCUT2D eigenvalue weighted by molar-refractivity contribution is 5.65. The van der Waals surface area contributed by atoms with E-state index in [0.29, 0.717) is 0 Å². The van der Waals surface area contributed by atoms with Crippen LogP contribution in [0.2, 0.25) is 0 Å². The Morgan fingerprint density at radius 2 is 2.15 bits per heavy atom. The predicted octanol–water partition coefficient (Wildman–Crippen LogP) is 2.93. The molecule has 0 aromatic carbocycles. The lowest BCUT2D eigenvalue weighted by atomic mass is 9.93. The molecule has 1 unspecified atom stereocenters. The Kier molecular flexibility index (Phi) is 6.29. The Morgan fingerprint density at radius 1 is 1.62 bits per heavy atom. The molecule has 0 N–H and O–H groups in total. The molecule has 0 saturated heterocycles. The van der Waals surface area contributed by atoms with Crippen LogP contribution in [-0.4, -0.2) is 13.1 Å². The first-order valence-corrected chi connectivity index (χ1v) is 4.78. The molecule has 1 aliphatic carbocycles. The fourth-order valence-electron chi connectivity index (χ4n) is 1.36. The summed E-state index contributed by atoms with van der Waals surface area (Å²) in [4.78, 5) is 9.59. The van der Waals surface area contributed by atoms with Gasteiger partial charge in [-0.1, -0.05) is 18.6 Å².